The van der Waals surface area contributed by atoms with Gasteiger partial charge in [0.05, 0.1) is 11.9 Å². The largest absolute Gasteiger partial charge is 0.397 e. The van der Waals surface area contributed by atoms with E-state index in [4.69, 9.17) is 5.73 Å². The van der Waals surface area contributed by atoms with Crippen molar-refractivity contribution in [1.82, 2.24) is 10.3 Å². The fourth-order valence-corrected chi connectivity index (χ4v) is 1.18. The number of anilines is 1. The van der Waals surface area contributed by atoms with Gasteiger partial charge >= 0.3 is 0 Å². The third kappa shape index (κ3) is 4.06. The Hall–Kier alpha value is -1.58. The van der Waals surface area contributed by atoms with E-state index < -0.39 is 0 Å². The molecule has 1 atom stereocenters. The van der Waals surface area contributed by atoms with Crippen molar-refractivity contribution in [3.8, 4) is 0 Å². The molecule has 17 heavy (non-hydrogen) atoms. The summed E-state index contributed by atoms with van der Waals surface area (Å²) in [5.41, 5.74) is 6.66. The Bertz CT molecular complexity index is 379. The lowest BCUT2D eigenvalue weighted by Crippen LogP contribution is -2.34. The fraction of sp³-hybridized carbons (Fsp3) is 0.538. The molecule has 1 aromatic rings. The number of nitrogens with one attached hydrogen (secondary N) is 1. The van der Waals surface area contributed by atoms with E-state index in [1.54, 1.807) is 12.1 Å². The Kier molecular flexibility index (Phi) is 4.10. The second-order valence-electron chi connectivity index (χ2n) is 5.45. The van der Waals surface area contributed by atoms with Crippen LogP contribution in [0.25, 0.3) is 0 Å². The lowest BCUT2D eigenvalue weighted by molar-refractivity contribution is 0.0932. The number of amides is 1. The van der Waals surface area contributed by atoms with E-state index in [0.717, 1.165) is 0 Å². The highest BCUT2D eigenvalue weighted by atomic mass is 16.1. The van der Waals surface area contributed by atoms with Crippen LogP contribution < -0.4 is 11.1 Å². The van der Waals surface area contributed by atoms with Crippen LogP contribution in [-0.4, -0.2) is 17.4 Å². The van der Waals surface area contributed by atoms with Gasteiger partial charge in [0.25, 0.3) is 5.91 Å². The van der Waals surface area contributed by atoms with Crippen molar-refractivity contribution in [3.63, 3.8) is 0 Å². The van der Waals surface area contributed by atoms with Gasteiger partial charge in [0.15, 0.2) is 0 Å². The molecule has 0 saturated carbocycles. The van der Waals surface area contributed by atoms with Crippen molar-refractivity contribution in [1.29, 1.82) is 0 Å². The number of aromatic nitrogens is 1. The molecular formula is C13H21N3O. The van der Waals surface area contributed by atoms with Crippen molar-refractivity contribution in [2.75, 3.05) is 12.3 Å². The number of hydrogen-bond donors (Lipinski definition) is 2. The van der Waals surface area contributed by atoms with Crippen LogP contribution in [-0.2, 0) is 0 Å². The highest BCUT2D eigenvalue weighted by Crippen LogP contribution is 2.24. The van der Waals surface area contributed by atoms with Crippen LogP contribution in [0.2, 0.25) is 0 Å². The third-order valence-corrected chi connectivity index (χ3v) is 3.07. The number of rotatable bonds is 3. The molecule has 0 saturated heterocycles. The predicted octanol–water partition coefficient (Wildman–Crippen LogP) is 2.08. The number of nitrogens with two attached hydrogens (primary N) is 1. The van der Waals surface area contributed by atoms with Crippen LogP contribution in [0.3, 0.4) is 0 Å². The molecule has 1 heterocycles. The highest BCUT2D eigenvalue weighted by molar-refractivity contribution is 5.92. The van der Waals surface area contributed by atoms with Gasteiger partial charge in [-0.1, -0.05) is 27.7 Å². The molecule has 0 radical (unpaired) electrons. The van der Waals surface area contributed by atoms with Crippen LogP contribution in [0.15, 0.2) is 18.3 Å². The first-order chi connectivity index (χ1) is 7.80. The second kappa shape index (κ2) is 5.17. The van der Waals surface area contributed by atoms with E-state index in [9.17, 15) is 4.79 Å². The molecule has 0 spiro atoms. The molecule has 0 aliphatic heterocycles. The summed E-state index contributed by atoms with van der Waals surface area (Å²) < 4.78 is 0. The molecule has 1 unspecified atom stereocenters. The molecule has 94 valence electrons. The number of nitrogen functional groups attached to an aromatic ring is 1. The quantitative estimate of drug-likeness (QED) is 0.842. The Balaban J connectivity index is 2.53. The number of carbonyl (C=O) groups excluding carboxylic acids is 1. The molecule has 0 aliphatic carbocycles. The summed E-state index contributed by atoms with van der Waals surface area (Å²) in [6.45, 7) is 9.24. The zero-order chi connectivity index (χ0) is 13.1. The zero-order valence-corrected chi connectivity index (χ0v) is 10.9. The van der Waals surface area contributed by atoms with Crippen molar-refractivity contribution >= 4 is 11.6 Å². The smallest absolute Gasteiger partial charge is 0.269 e. The lowest BCUT2D eigenvalue weighted by atomic mass is 9.82. The van der Waals surface area contributed by atoms with Gasteiger partial charge in [-0.15, -0.1) is 0 Å². The van der Waals surface area contributed by atoms with Crippen molar-refractivity contribution in [2.24, 2.45) is 11.3 Å². The van der Waals surface area contributed by atoms with Gasteiger partial charge in [-0.2, -0.15) is 0 Å². The molecule has 0 bridgehead atoms. The maximum Gasteiger partial charge on any atom is 0.269 e. The zero-order valence-electron chi connectivity index (χ0n) is 10.9. The summed E-state index contributed by atoms with van der Waals surface area (Å²) >= 11 is 0. The first kappa shape index (κ1) is 13.5. The van der Waals surface area contributed by atoms with Crippen LogP contribution >= 0.6 is 0 Å². The predicted molar refractivity (Wildman–Crippen MR) is 69.6 cm³/mol. The topological polar surface area (TPSA) is 68.0 Å². The number of pyridine rings is 1. The summed E-state index contributed by atoms with van der Waals surface area (Å²) in [6, 6.07) is 3.31. The Morgan fingerprint density at radius 3 is 2.59 bits per heavy atom. The summed E-state index contributed by atoms with van der Waals surface area (Å²) in [6.07, 6.45) is 1.49. The average Bonchev–Trinajstić information content (AvgIpc) is 2.25. The van der Waals surface area contributed by atoms with Crippen LogP contribution in [0.5, 0.6) is 0 Å². The van der Waals surface area contributed by atoms with E-state index in [-0.39, 0.29) is 11.3 Å². The van der Waals surface area contributed by atoms with Crippen LogP contribution in [0.1, 0.15) is 38.2 Å². The van der Waals surface area contributed by atoms with E-state index in [2.05, 4.69) is 38.0 Å². The van der Waals surface area contributed by atoms with Gasteiger partial charge in [-0.25, -0.2) is 4.98 Å². The van der Waals surface area contributed by atoms with Crippen LogP contribution in [0.4, 0.5) is 5.69 Å². The summed E-state index contributed by atoms with van der Waals surface area (Å²) in [5, 5.41) is 2.88. The van der Waals surface area contributed by atoms with E-state index in [0.29, 0.717) is 23.8 Å². The molecule has 1 rings (SSSR count). The van der Waals surface area contributed by atoms with E-state index in [1.165, 1.54) is 6.20 Å². The fourth-order valence-electron chi connectivity index (χ4n) is 1.18. The molecule has 0 fully saturated rings. The summed E-state index contributed by atoms with van der Waals surface area (Å²) in [5.74, 6) is 0.251. The maximum atomic E-state index is 11.8. The average molecular weight is 235 g/mol. The second-order valence-corrected chi connectivity index (χ2v) is 5.45. The Morgan fingerprint density at radius 2 is 2.12 bits per heavy atom. The van der Waals surface area contributed by atoms with Crippen molar-refractivity contribution < 1.29 is 4.79 Å². The first-order valence-electron chi connectivity index (χ1n) is 5.80. The minimum absolute atomic E-state index is 0.152. The summed E-state index contributed by atoms with van der Waals surface area (Å²) in [4.78, 5) is 15.8. The number of carbonyl (C=O) groups is 1. The van der Waals surface area contributed by atoms with Gasteiger partial charge in [-0.05, 0) is 23.5 Å². The molecule has 1 amide bonds. The molecular weight excluding hydrogens is 214 g/mol. The monoisotopic (exact) mass is 235 g/mol. The van der Waals surface area contributed by atoms with Crippen LogP contribution in [0, 0.1) is 11.3 Å². The van der Waals surface area contributed by atoms with Crippen molar-refractivity contribution in [2.45, 2.75) is 27.7 Å². The molecule has 1 aromatic heterocycles. The minimum Gasteiger partial charge on any atom is -0.397 e. The molecule has 0 aliphatic rings. The lowest BCUT2D eigenvalue weighted by Gasteiger charge is -2.27. The van der Waals surface area contributed by atoms with Gasteiger partial charge in [0.1, 0.15) is 5.69 Å². The Labute approximate surface area is 103 Å². The highest BCUT2D eigenvalue weighted by Gasteiger charge is 2.20. The van der Waals surface area contributed by atoms with Gasteiger partial charge < -0.3 is 11.1 Å². The number of nitrogens with zero attached hydrogens (tertiary/aromatic N) is 1. The van der Waals surface area contributed by atoms with Crippen molar-refractivity contribution in [3.05, 3.63) is 24.0 Å². The maximum absolute atomic E-state index is 11.8. The van der Waals surface area contributed by atoms with Gasteiger partial charge in [0.2, 0.25) is 0 Å². The standard InChI is InChI=1S/C13H21N3O/c1-9(13(2,3)4)7-16-12(17)11-6-5-10(14)8-15-11/h5-6,8-9H,7,14H2,1-4H3,(H,16,17). The number of hydrogen-bond acceptors (Lipinski definition) is 3. The molecule has 4 heteroatoms. The Morgan fingerprint density at radius 1 is 1.47 bits per heavy atom. The summed E-state index contributed by atoms with van der Waals surface area (Å²) in [7, 11) is 0. The molecule has 0 aromatic carbocycles. The third-order valence-electron chi connectivity index (χ3n) is 3.07. The minimum atomic E-state index is -0.152. The molecule has 4 nitrogen and oxygen atoms in total. The van der Waals surface area contributed by atoms with Gasteiger partial charge in [-0.3, -0.25) is 4.79 Å². The van der Waals surface area contributed by atoms with E-state index in [1.807, 2.05) is 0 Å². The molecule has 3 N–H and O–H groups in total. The van der Waals surface area contributed by atoms with Gasteiger partial charge in [0, 0.05) is 6.54 Å². The van der Waals surface area contributed by atoms with E-state index >= 15 is 0 Å². The first-order valence-corrected chi connectivity index (χ1v) is 5.80. The SMILES string of the molecule is CC(CNC(=O)c1ccc(N)cn1)C(C)(C)C. The normalized spacial score (nSPS) is 13.2.